The van der Waals surface area contributed by atoms with Crippen molar-refractivity contribution < 1.29 is 4.43 Å². The first-order chi connectivity index (χ1) is 6.81. The zero-order valence-corrected chi connectivity index (χ0v) is 13.3. The number of allylic oxidation sites excluding steroid dienone is 1. The number of unbranched alkanes of at least 4 members (excludes halogenated alkanes) is 1. The number of halogens is 1. The quantitative estimate of drug-likeness (QED) is 0.507. The summed E-state index contributed by atoms with van der Waals surface area (Å²) in [5.74, 6) is 0. The van der Waals surface area contributed by atoms with Crippen LogP contribution in [0.4, 0.5) is 0 Å². The van der Waals surface area contributed by atoms with E-state index in [1.807, 2.05) is 0 Å². The van der Waals surface area contributed by atoms with Crippen LogP contribution in [0.25, 0.3) is 0 Å². The Bertz CT molecular complexity index is 194. The molecule has 0 amide bonds. The molecule has 0 spiro atoms. The molecule has 0 aliphatic rings. The van der Waals surface area contributed by atoms with Gasteiger partial charge in [0.25, 0.3) is 0 Å². The Balaban J connectivity index is 3.59. The van der Waals surface area contributed by atoms with Crippen LogP contribution in [0.3, 0.4) is 0 Å². The van der Waals surface area contributed by atoms with Crippen molar-refractivity contribution in [1.82, 2.24) is 0 Å². The van der Waals surface area contributed by atoms with E-state index in [1.165, 1.54) is 17.3 Å². The maximum absolute atomic E-state index is 5.59. The fraction of sp³-hybridized carbons (Fsp3) is 0.833. The van der Waals surface area contributed by atoms with Crippen molar-refractivity contribution >= 4 is 25.0 Å². The van der Waals surface area contributed by atoms with Crippen LogP contribution in [0.15, 0.2) is 10.6 Å². The SMILES string of the molecule is C[Si](C)OCC(Br)=CCCCC(C)(C)C. The summed E-state index contributed by atoms with van der Waals surface area (Å²) < 4.78 is 6.79. The summed E-state index contributed by atoms with van der Waals surface area (Å²) in [4.78, 5) is 0. The molecule has 0 aromatic rings. The Morgan fingerprint density at radius 1 is 1.33 bits per heavy atom. The third-order valence-corrected chi connectivity index (χ3v) is 3.27. The second-order valence-corrected chi connectivity index (χ2v) is 8.42. The highest BCUT2D eigenvalue weighted by molar-refractivity contribution is 9.11. The van der Waals surface area contributed by atoms with Gasteiger partial charge in [0, 0.05) is 4.48 Å². The molecule has 0 bridgehead atoms. The molecule has 0 heterocycles. The van der Waals surface area contributed by atoms with Gasteiger partial charge in [0.05, 0.1) is 6.61 Å². The average Bonchev–Trinajstić information content (AvgIpc) is 2.07. The van der Waals surface area contributed by atoms with Gasteiger partial charge in [0.1, 0.15) is 0 Å². The average molecular weight is 292 g/mol. The second kappa shape index (κ2) is 7.63. The normalized spacial score (nSPS) is 13.7. The van der Waals surface area contributed by atoms with E-state index in [1.54, 1.807) is 0 Å². The van der Waals surface area contributed by atoms with Crippen LogP contribution in [0.2, 0.25) is 13.1 Å². The highest BCUT2D eigenvalue weighted by Crippen LogP contribution is 2.22. The summed E-state index contributed by atoms with van der Waals surface area (Å²) in [7, 11) is -0.553. The van der Waals surface area contributed by atoms with Gasteiger partial charge in [-0.25, -0.2) is 0 Å². The van der Waals surface area contributed by atoms with Crippen LogP contribution in [-0.4, -0.2) is 15.6 Å². The topological polar surface area (TPSA) is 9.23 Å². The van der Waals surface area contributed by atoms with Crippen LogP contribution in [-0.2, 0) is 4.43 Å². The molecule has 15 heavy (non-hydrogen) atoms. The lowest BCUT2D eigenvalue weighted by Crippen LogP contribution is -2.08. The Kier molecular flexibility index (Phi) is 7.84. The van der Waals surface area contributed by atoms with Crippen molar-refractivity contribution in [1.29, 1.82) is 0 Å². The molecule has 1 nitrogen and oxygen atoms in total. The summed E-state index contributed by atoms with van der Waals surface area (Å²) in [5.41, 5.74) is 0.458. The van der Waals surface area contributed by atoms with Gasteiger partial charge in [-0.2, -0.15) is 0 Å². The highest BCUT2D eigenvalue weighted by Gasteiger charge is 2.08. The van der Waals surface area contributed by atoms with E-state index in [2.05, 4.69) is 55.9 Å². The maximum atomic E-state index is 5.59. The van der Waals surface area contributed by atoms with Gasteiger partial charge in [-0.3, -0.25) is 0 Å². The molecule has 0 fully saturated rings. The molecule has 0 N–H and O–H groups in total. The minimum atomic E-state index is -0.553. The van der Waals surface area contributed by atoms with Gasteiger partial charge in [-0.15, -0.1) is 0 Å². The van der Waals surface area contributed by atoms with Gasteiger partial charge < -0.3 is 4.43 Å². The smallest absolute Gasteiger partial charge is 0.205 e. The fourth-order valence-electron chi connectivity index (χ4n) is 1.16. The molecule has 0 unspecified atom stereocenters. The van der Waals surface area contributed by atoms with Gasteiger partial charge in [-0.05, 0) is 37.8 Å². The molecule has 0 aliphatic heterocycles. The molecule has 0 aromatic heterocycles. The van der Waals surface area contributed by atoms with Crippen molar-refractivity contribution in [2.24, 2.45) is 5.41 Å². The summed E-state index contributed by atoms with van der Waals surface area (Å²) in [6, 6.07) is 0. The monoisotopic (exact) mass is 291 g/mol. The van der Waals surface area contributed by atoms with E-state index >= 15 is 0 Å². The standard InChI is InChI=1S/C12H24BrOSi/c1-12(2,3)9-7-6-8-11(13)10-14-15(4)5/h8H,6-7,9-10H2,1-5H3. The Morgan fingerprint density at radius 3 is 2.40 bits per heavy atom. The van der Waals surface area contributed by atoms with Crippen LogP contribution in [0.5, 0.6) is 0 Å². The minimum Gasteiger partial charge on any atom is -0.412 e. The first-order valence-electron chi connectivity index (χ1n) is 5.59. The highest BCUT2D eigenvalue weighted by atomic mass is 79.9. The predicted molar refractivity (Wildman–Crippen MR) is 73.8 cm³/mol. The third-order valence-electron chi connectivity index (χ3n) is 2.00. The van der Waals surface area contributed by atoms with Gasteiger partial charge in [0.15, 0.2) is 0 Å². The molecular weight excluding hydrogens is 268 g/mol. The van der Waals surface area contributed by atoms with E-state index in [4.69, 9.17) is 4.43 Å². The third kappa shape index (κ3) is 12.3. The lowest BCUT2D eigenvalue weighted by Gasteiger charge is -2.16. The molecule has 0 saturated carbocycles. The Labute approximate surface area is 105 Å². The maximum Gasteiger partial charge on any atom is 0.205 e. The van der Waals surface area contributed by atoms with E-state index in [-0.39, 0.29) is 0 Å². The molecule has 1 radical (unpaired) electrons. The van der Waals surface area contributed by atoms with E-state index < -0.39 is 9.04 Å². The molecule has 0 atom stereocenters. The minimum absolute atomic E-state index is 0.458. The molecular formula is C12H24BrOSi. The summed E-state index contributed by atoms with van der Waals surface area (Å²) in [6.45, 7) is 11.9. The zero-order valence-electron chi connectivity index (χ0n) is 10.7. The second-order valence-electron chi connectivity index (χ2n) is 5.30. The number of rotatable bonds is 6. The summed E-state index contributed by atoms with van der Waals surface area (Å²) >= 11 is 3.54. The molecule has 0 rings (SSSR count). The van der Waals surface area contributed by atoms with E-state index in [0.29, 0.717) is 5.41 Å². The first kappa shape index (κ1) is 15.4. The summed E-state index contributed by atoms with van der Waals surface area (Å²) in [5, 5.41) is 0. The Hall–Kier alpha value is 0.397. The lowest BCUT2D eigenvalue weighted by atomic mass is 9.90. The first-order valence-corrected chi connectivity index (χ1v) is 8.79. The zero-order chi connectivity index (χ0) is 11.9. The van der Waals surface area contributed by atoms with Crippen molar-refractivity contribution in [3.05, 3.63) is 10.6 Å². The van der Waals surface area contributed by atoms with E-state index in [9.17, 15) is 0 Å². The van der Waals surface area contributed by atoms with Crippen LogP contribution < -0.4 is 0 Å². The van der Waals surface area contributed by atoms with Gasteiger partial charge >= 0.3 is 0 Å². The molecule has 3 heteroatoms. The number of hydrogen-bond donors (Lipinski definition) is 0. The van der Waals surface area contributed by atoms with Crippen molar-refractivity contribution in [3.63, 3.8) is 0 Å². The molecule has 89 valence electrons. The predicted octanol–water partition coefficient (Wildman–Crippen LogP) is 4.75. The van der Waals surface area contributed by atoms with Crippen molar-refractivity contribution in [3.8, 4) is 0 Å². The largest absolute Gasteiger partial charge is 0.412 e. The van der Waals surface area contributed by atoms with Crippen LogP contribution >= 0.6 is 15.9 Å². The fourth-order valence-corrected chi connectivity index (χ4v) is 2.16. The lowest BCUT2D eigenvalue weighted by molar-refractivity contribution is 0.364. The number of hydrogen-bond acceptors (Lipinski definition) is 1. The molecule has 0 saturated heterocycles. The van der Waals surface area contributed by atoms with Crippen LogP contribution in [0, 0.1) is 5.41 Å². The molecule has 0 aromatic carbocycles. The van der Waals surface area contributed by atoms with Gasteiger partial charge in [-0.1, -0.05) is 42.8 Å². The Morgan fingerprint density at radius 2 is 1.93 bits per heavy atom. The summed E-state index contributed by atoms with van der Waals surface area (Å²) in [6.07, 6.45) is 5.93. The van der Waals surface area contributed by atoms with Crippen molar-refractivity contribution in [2.45, 2.75) is 53.1 Å². The van der Waals surface area contributed by atoms with Crippen molar-refractivity contribution in [2.75, 3.05) is 6.61 Å². The molecule has 0 aliphatic carbocycles. The van der Waals surface area contributed by atoms with Gasteiger partial charge in [0.2, 0.25) is 9.04 Å². The van der Waals surface area contributed by atoms with E-state index in [0.717, 1.165) is 13.0 Å². The van der Waals surface area contributed by atoms with Crippen LogP contribution in [0.1, 0.15) is 40.0 Å².